The second-order valence-electron chi connectivity index (χ2n) is 3.91. The van der Waals surface area contributed by atoms with Crippen molar-refractivity contribution in [3.05, 3.63) is 33.8 Å². The average Bonchev–Trinajstić information content (AvgIpc) is 2.28. The van der Waals surface area contributed by atoms with Gasteiger partial charge in [0.05, 0.1) is 16.1 Å². The van der Waals surface area contributed by atoms with Crippen molar-refractivity contribution >= 4 is 52.3 Å². The summed E-state index contributed by atoms with van der Waals surface area (Å²) in [5.74, 6) is 0.108. The van der Waals surface area contributed by atoms with Crippen molar-refractivity contribution in [2.45, 2.75) is 12.5 Å². The Morgan fingerprint density at radius 3 is 2.35 bits per heavy atom. The Labute approximate surface area is 120 Å². The summed E-state index contributed by atoms with van der Waals surface area (Å²) in [6.45, 7) is 1.76. The first kappa shape index (κ1) is 14.9. The van der Waals surface area contributed by atoms with Crippen molar-refractivity contribution in [2.75, 3.05) is 11.8 Å². The molecule has 0 radical (unpaired) electrons. The van der Waals surface area contributed by atoms with Crippen LogP contribution in [0.3, 0.4) is 0 Å². The van der Waals surface area contributed by atoms with Gasteiger partial charge in [-0.15, -0.1) is 23.2 Å². The molecule has 0 saturated carbocycles. The smallest absolute Gasteiger partial charge is 0.253 e. The lowest BCUT2D eigenvalue weighted by Gasteiger charge is -2.26. The summed E-state index contributed by atoms with van der Waals surface area (Å²) >= 11 is 23.2. The maximum atomic E-state index is 12.0. The van der Waals surface area contributed by atoms with E-state index in [9.17, 15) is 4.79 Å². The highest BCUT2D eigenvalue weighted by Gasteiger charge is 2.25. The van der Waals surface area contributed by atoms with E-state index in [-0.39, 0.29) is 17.7 Å². The molecule has 17 heavy (non-hydrogen) atoms. The van der Waals surface area contributed by atoms with Crippen LogP contribution >= 0.6 is 46.4 Å². The fourth-order valence-electron chi connectivity index (χ4n) is 1.12. The Hall–Kier alpha value is -0.150. The Kier molecular flexibility index (Phi) is 5.39. The molecule has 1 aromatic carbocycles. The number of amides is 1. The largest absolute Gasteiger partial charge is 0.344 e. The number of carbonyl (C=O) groups excluding carboxylic acids is 1. The zero-order valence-electron chi connectivity index (χ0n) is 9.07. The Morgan fingerprint density at radius 2 is 1.88 bits per heavy atom. The summed E-state index contributed by atoms with van der Waals surface area (Å²) in [6.07, 6.45) is 0. The van der Waals surface area contributed by atoms with E-state index >= 15 is 0 Å². The fraction of sp³-hybridized carbons (Fsp3) is 0.364. The van der Waals surface area contributed by atoms with Crippen LogP contribution in [0, 0.1) is 0 Å². The lowest BCUT2D eigenvalue weighted by molar-refractivity contribution is 0.0921. The number of carbonyl (C=O) groups is 1. The molecule has 1 rings (SSSR count). The normalized spacial score (nSPS) is 11.4. The summed E-state index contributed by atoms with van der Waals surface area (Å²) in [5, 5.41) is 3.51. The van der Waals surface area contributed by atoms with Gasteiger partial charge in [-0.05, 0) is 25.1 Å². The molecule has 6 heteroatoms. The molecular weight excluding hydrogens is 304 g/mol. The quantitative estimate of drug-likeness (QED) is 0.837. The van der Waals surface area contributed by atoms with Crippen LogP contribution in [-0.4, -0.2) is 23.2 Å². The molecule has 0 aromatic heterocycles. The van der Waals surface area contributed by atoms with E-state index in [0.717, 1.165) is 0 Å². The zero-order valence-corrected chi connectivity index (χ0v) is 12.1. The predicted molar refractivity (Wildman–Crippen MR) is 73.8 cm³/mol. The SMILES string of the molecule is CC(CCl)(CCl)NC(=O)c1ccc(Cl)cc1Cl. The minimum Gasteiger partial charge on any atom is -0.344 e. The van der Waals surface area contributed by atoms with Crippen LogP contribution in [0.15, 0.2) is 18.2 Å². The van der Waals surface area contributed by atoms with Crippen LogP contribution in [0.1, 0.15) is 17.3 Å². The van der Waals surface area contributed by atoms with Crippen LogP contribution in [0.25, 0.3) is 0 Å². The molecule has 1 aromatic rings. The third-order valence-corrected chi connectivity index (χ3v) is 3.91. The number of rotatable bonds is 4. The topological polar surface area (TPSA) is 29.1 Å². The Balaban J connectivity index is 2.90. The number of nitrogens with one attached hydrogen (secondary N) is 1. The van der Waals surface area contributed by atoms with Gasteiger partial charge in [-0.25, -0.2) is 0 Å². The second-order valence-corrected chi connectivity index (χ2v) is 5.28. The van der Waals surface area contributed by atoms with E-state index in [1.54, 1.807) is 19.1 Å². The van der Waals surface area contributed by atoms with Gasteiger partial charge in [0.2, 0.25) is 0 Å². The monoisotopic (exact) mass is 313 g/mol. The van der Waals surface area contributed by atoms with Gasteiger partial charge < -0.3 is 5.32 Å². The molecule has 0 bridgehead atoms. The molecular formula is C11H11Cl4NO. The van der Waals surface area contributed by atoms with Crippen LogP contribution in [0.4, 0.5) is 0 Å². The third kappa shape index (κ3) is 3.92. The number of hydrogen-bond acceptors (Lipinski definition) is 1. The highest BCUT2D eigenvalue weighted by Crippen LogP contribution is 2.21. The maximum Gasteiger partial charge on any atom is 0.253 e. The van der Waals surface area contributed by atoms with E-state index in [4.69, 9.17) is 46.4 Å². The van der Waals surface area contributed by atoms with Gasteiger partial charge >= 0.3 is 0 Å². The number of halogens is 4. The summed E-state index contributed by atoms with van der Waals surface area (Å²) in [5.41, 5.74) is -0.319. The standard InChI is InChI=1S/C11H11Cl4NO/c1-11(5-12,6-13)16-10(17)8-3-2-7(14)4-9(8)15/h2-4H,5-6H2,1H3,(H,16,17). The minimum atomic E-state index is -0.664. The molecule has 2 nitrogen and oxygen atoms in total. The van der Waals surface area contributed by atoms with Crippen molar-refractivity contribution in [3.63, 3.8) is 0 Å². The maximum absolute atomic E-state index is 12.0. The van der Waals surface area contributed by atoms with Crippen LogP contribution in [0.2, 0.25) is 10.0 Å². The summed E-state index contributed by atoms with van der Waals surface area (Å²) in [4.78, 5) is 12.0. The summed E-state index contributed by atoms with van der Waals surface area (Å²) < 4.78 is 0. The van der Waals surface area contributed by atoms with Crippen molar-refractivity contribution in [1.29, 1.82) is 0 Å². The first-order valence-corrected chi connectivity index (χ1v) is 6.64. The highest BCUT2D eigenvalue weighted by molar-refractivity contribution is 6.36. The van der Waals surface area contributed by atoms with Gasteiger partial charge in [-0.2, -0.15) is 0 Å². The Morgan fingerprint density at radius 1 is 1.29 bits per heavy atom. The van der Waals surface area contributed by atoms with E-state index < -0.39 is 5.54 Å². The molecule has 0 saturated heterocycles. The van der Waals surface area contributed by atoms with Gasteiger partial charge in [-0.3, -0.25) is 4.79 Å². The van der Waals surface area contributed by atoms with Gasteiger partial charge in [0.15, 0.2) is 0 Å². The first-order chi connectivity index (χ1) is 7.91. The molecule has 0 aliphatic rings. The van der Waals surface area contributed by atoms with Crippen LogP contribution < -0.4 is 5.32 Å². The van der Waals surface area contributed by atoms with E-state index in [1.165, 1.54) is 6.07 Å². The zero-order chi connectivity index (χ0) is 13.1. The minimum absolute atomic E-state index is 0.216. The van der Waals surface area contributed by atoms with Gasteiger partial charge in [0.25, 0.3) is 5.91 Å². The van der Waals surface area contributed by atoms with Crippen molar-refractivity contribution in [3.8, 4) is 0 Å². The first-order valence-electron chi connectivity index (χ1n) is 4.81. The Bertz CT molecular complexity index is 418. The van der Waals surface area contributed by atoms with Gasteiger partial charge in [0, 0.05) is 16.8 Å². The molecule has 0 heterocycles. The van der Waals surface area contributed by atoms with E-state index in [1.807, 2.05) is 0 Å². The number of hydrogen-bond donors (Lipinski definition) is 1. The molecule has 0 aliphatic carbocycles. The third-order valence-electron chi connectivity index (χ3n) is 2.18. The van der Waals surface area contributed by atoms with Crippen LogP contribution in [0.5, 0.6) is 0 Å². The van der Waals surface area contributed by atoms with Crippen molar-refractivity contribution < 1.29 is 4.79 Å². The second kappa shape index (κ2) is 6.14. The van der Waals surface area contributed by atoms with Gasteiger partial charge in [-0.1, -0.05) is 23.2 Å². The van der Waals surface area contributed by atoms with Gasteiger partial charge in [0.1, 0.15) is 0 Å². The molecule has 0 atom stereocenters. The lowest BCUT2D eigenvalue weighted by Crippen LogP contribution is -2.49. The number of benzene rings is 1. The molecule has 0 spiro atoms. The molecule has 94 valence electrons. The van der Waals surface area contributed by atoms with Crippen LogP contribution in [-0.2, 0) is 0 Å². The molecule has 0 unspecified atom stereocenters. The average molecular weight is 315 g/mol. The molecule has 0 aliphatic heterocycles. The summed E-state index contributed by atoms with van der Waals surface area (Å²) in [6, 6.07) is 4.67. The van der Waals surface area contributed by atoms with Crippen molar-refractivity contribution in [2.24, 2.45) is 0 Å². The lowest BCUT2D eigenvalue weighted by atomic mass is 10.1. The molecule has 1 amide bonds. The molecule has 1 N–H and O–H groups in total. The molecule has 0 fully saturated rings. The van der Waals surface area contributed by atoms with Crippen molar-refractivity contribution in [1.82, 2.24) is 5.32 Å². The predicted octanol–water partition coefficient (Wildman–Crippen LogP) is 3.96. The summed E-state index contributed by atoms with van der Waals surface area (Å²) in [7, 11) is 0. The highest BCUT2D eigenvalue weighted by atomic mass is 35.5. The fourth-order valence-corrected chi connectivity index (χ4v) is 2.03. The van der Waals surface area contributed by atoms with E-state index in [2.05, 4.69) is 5.32 Å². The van der Waals surface area contributed by atoms with E-state index in [0.29, 0.717) is 15.6 Å². The number of alkyl halides is 2.